The zero-order valence-corrected chi connectivity index (χ0v) is 21.8. The average Bonchev–Trinajstić information content (AvgIpc) is 3.39. The van der Waals surface area contributed by atoms with E-state index in [0.29, 0.717) is 12.5 Å². The Balaban J connectivity index is 0.000000263. The van der Waals surface area contributed by atoms with Crippen molar-refractivity contribution in [2.24, 2.45) is 5.92 Å². The van der Waals surface area contributed by atoms with Crippen LogP contribution in [-0.4, -0.2) is 64.3 Å². The zero-order chi connectivity index (χ0) is 29.2. The predicted octanol–water partition coefficient (Wildman–Crippen LogP) is 4.63. The van der Waals surface area contributed by atoms with Crippen LogP contribution < -0.4 is 25.0 Å². The highest BCUT2D eigenvalue weighted by Gasteiger charge is 2.54. The zero-order valence-electron chi connectivity index (χ0n) is 21.8. The quantitative estimate of drug-likeness (QED) is 0.385. The molecule has 1 saturated heterocycles. The molecule has 0 spiro atoms. The van der Waals surface area contributed by atoms with Gasteiger partial charge in [0.1, 0.15) is 0 Å². The lowest BCUT2D eigenvalue weighted by atomic mass is 9.80. The van der Waals surface area contributed by atoms with Crippen molar-refractivity contribution in [3.05, 3.63) is 47.0 Å². The predicted molar refractivity (Wildman–Crippen MR) is 135 cm³/mol. The fourth-order valence-electron chi connectivity index (χ4n) is 5.55. The van der Waals surface area contributed by atoms with E-state index >= 15 is 0 Å². The van der Waals surface area contributed by atoms with Gasteiger partial charge in [-0.25, -0.2) is 0 Å². The number of nitrogens with one attached hydrogen (secondary N) is 2. The number of ether oxygens (including phenoxy) is 2. The molecule has 0 bridgehead atoms. The van der Waals surface area contributed by atoms with Crippen LogP contribution in [0.2, 0.25) is 0 Å². The minimum atomic E-state index is -5.77. The first-order valence-corrected chi connectivity index (χ1v) is 12.6. The summed E-state index contributed by atoms with van der Waals surface area (Å²) in [5, 5.41) is 7.27. The number of rotatable bonds is 6. The van der Waals surface area contributed by atoms with Gasteiger partial charge in [-0.15, -0.1) is 0 Å². The molecule has 2 aromatic carbocycles. The lowest BCUT2D eigenvalue weighted by molar-refractivity contribution is -0.193. The molecular formula is C27H29F6N3O4. The van der Waals surface area contributed by atoms with E-state index in [0.717, 1.165) is 36.1 Å². The molecule has 3 aliphatic heterocycles. The van der Waals surface area contributed by atoms with Gasteiger partial charge in [0, 0.05) is 55.6 Å². The summed E-state index contributed by atoms with van der Waals surface area (Å²) in [6.07, 6.45) is -9.11. The number of para-hydroxylation sites is 1. The number of methoxy groups -OCH3 is 2. The number of hydrogen-bond acceptors (Lipinski definition) is 7. The summed E-state index contributed by atoms with van der Waals surface area (Å²) < 4.78 is 78.0. The van der Waals surface area contributed by atoms with Crippen molar-refractivity contribution in [1.82, 2.24) is 5.32 Å². The molecule has 0 aliphatic carbocycles. The molecule has 7 nitrogen and oxygen atoms in total. The highest BCUT2D eigenvalue weighted by Crippen LogP contribution is 2.46. The summed E-state index contributed by atoms with van der Waals surface area (Å²) in [5.74, 6) is -3.84. The van der Waals surface area contributed by atoms with Crippen LogP contribution in [0.15, 0.2) is 30.3 Å². The number of anilines is 2. The number of aryl methyl sites for hydroxylation is 1. The van der Waals surface area contributed by atoms with E-state index in [2.05, 4.69) is 33.7 Å². The smallest absolute Gasteiger partial charge is 0.458 e. The SMILES string of the molecule is COc1cccc(CNc2cc3c4c(c2)[C@@H]2CNC[C@@H]2CN4CCC3)c1OC.O=C(C(=O)C(F)(F)F)C(F)(F)F. The molecule has 1 fully saturated rings. The molecule has 0 amide bonds. The van der Waals surface area contributed by atoms with Crippen LogP contribution in [0, 0.1) is 5.92 Å². The van der Waals surface area contributed by atoms with Crippen LogP contribution in [0.25, 0.3) is 0 Å². The summed E-state index contributed by atoms with van der Waals surface area (Å²) in [4.78, 5) is 21.9. The number of benzene rings is 2. The van der Waals surface area contributed by atoms with Crippen molar-refractivity contribution in [2.75, 3.05) is 50.6 Å². The van der Waals surface area contributed by atoms with Gasteiger partial charge in [-0.3, -0.25) is 9.59 Å². The monoisotopic (exact) mass is 573 g/mol. The van der Waals surface area contributed by atoms with Crippen molar-refractivity contribution >= 4 is 22.9 Å². The van der Waals surface area contributed by atoms with Gasteiger partial charge >= 0.3 is 23.9 Å². The van der Waals surface area contributed by atoms with E-state index in [-0.39, 0.29) is 0 Å². The third-order valence-corrected chi connectivity index (χ3v) is 7.29. The molecule has 0 unspecified atom stereocenters. The normalized spacial score (nSPS) is 19.6. The highest BCUT2D eigenvalue weighted by atomic mass is 19.4. The maximum atomic E-state index is 11.2. The summed E-state index contributed by atoms with van der Waals surface area (Å²) in [5.41, 5.74) is 6.90. The van der Waals surface area contributed by atoms with Crippen LogP contribution >= 0.6 is 0 Å². The van der Waals surface area contributed by atoms with Gasteiger partial charge in [0.15, 0.2) is 11.5 Å². The van der Waals surface area contributed by atoms with E-state index < -0.39 is 23.9 Å². The molecule has 0 saturated carbocycles. The first-order valence-electron chi connectivity index (χ1n) is 12.6. The molecule has 40 heavy (non-hydrogen) atoms. The van der Waals surface area contributed by atoms with Crippen LogP contribution in [0.1, 0.15) is 29.0 Å². The van der Waals surface area contributed by atoms with Gasteiger partial charge in [0.2, 0.25) is 0 Å². The number of nitrogens with zero attached hydrogens (tertiary/aromatic N) is 1. The Kier molecular flexibility index (Phi) is 8.52. The highest BCUT2D eigenvalue weighted by molar-refractivity contribution is 6.41. The fraction of sp³-hybridized carbons (Fsp3) is 0.481. The first kappa shape index (κ1) is 29.5. The summed E-state index contributed by atoms with van der Waals surface area (Å²) in [6, 6.07) is 10.8. The molecule has 2 atom stereocenters. The maximum absolute atomic E-state index is 11.2. The Hall–Kier alpha value is -3.48. The molecule has 13 heteroatoms. The second-order valence-electron chi connectivity index (χ2n) is 9.81. The van der Waals surface area contributed by atoms with Gasteiger partial charge < -0.3 is 25.0 Å². The lowest BCUT2D eigenvalue weighted by Gasteiger charge is -2.42. The second kappa shape index (κ2) is 11.6. The number of halogens is 6. The Bertz CT molecular complexity index is 1240. The molecular weight excluding hydrogens is 544 g/mol. The van der Waals surface area contributed by atoms with E-state index in [1.54, 1.807) is 19.8 Å². The van der Waals surface area contributed by atoms with Crippen molar-refractivity contribution in [1.29, 1.82) is 0 Å². The molecule has 0 aromatic heterocycles. The van der Waals surface area contributed by atoms with Gasteiger partial charge in [0.05, 0.1) is 14.2 Å². The minimum absolute atomic E-state index is 0.649. The number of ketones is 2. The number of carbonyl (C=O) groups is 2. The summed E-state index contributed by atoms with van der Waals surface area (Å²) >= 11 is 0. The van der Waals surface area contributed by atoms with Crippen molar-refractivity contribution in [2.45, 2.75) is 37.7 Å². The third-order valence-electron chi connectivity index (χ3n) is 7.29. The van der Waals surface area contributed by atoms with Crippen LogP contribution in [0.4, 0.5) is 37.7 Å². The van der Waals surface area contributed by atoms with E-state index in [4.69, 9.17) is 9.47 Å². The molecule has 3 aliphatic rings. The number of hydrogen-bond donors (Lipinski definition) is 2. The molecule has 218 valence electrons. The maximum Gasteiger partial charge on any atom is 0.458 e. The molecule has 3 heterocycles. The number of Topliss-reactive ketones (excluding diaryl/α,β-unsaturated/α-hetero) is 2. The standard InChI is InChI=1S/C23H29N3O2.C4F6O2/c1-27-21-7-3-5-16(23(21)28-2)12-25-18-9-15-6-4-8-26-14-17-11-24-13-20(17)19(10-18)22(15)26;5-3(6,7)1(11)2(12)4(8,9)10/h3,5,7,9-10,17,20,24-25H,4,6,8,11-14H2,1-2H3;/t17-,20-;/m1./s1. The largest absolute Gasteiger partial charge is 0.493 e. The molecule has 0 radical (unpaired) electrons. The molecule has 2 N–H and O–H groups in total. The third kappa shape index (κ3) is 6.13. The van der Waals surface area contributed by atoms with E-state index in [9.17, 15) is 35.9 Å². The Morgan fingerprint density at radius 2 is 1.73 bits per heavy atom. The summed E-state index contributed by atoms with van der Waals surface area (Å²) in [7, 11) is 3.38. The number of alkyl halides is 6. The number of carbonyl (C=O) groups excluding carboxylic acids is 2. The second-order valence-corrected chi connectivity index (χ2v) is 9.81. The summed E-state index contributed by atoms with van der Waals surface area (Å²) in [6.45, 7) is 5.39. The van der Waals surface area contributed by atoms with Crippen LogP contribution in [0.3, 0.4) is 0 Å². The van der Waals surface area contributed by atoms with E-state index in [1.807, 2.05) is 12.1 Å². The van der Waals surface area contributed by atoms with E-state index in [1.165, 1.54) is 42.9 Å². The Morgan fingerprint density at radius 1 is 1.02 bits per heavy atom. The van der Waals surface area contributed by atoms with Crippen molar-refractivity contribution in [3.63, 3.8) is 0 Å². The Morgan fingerprint density at radius 3 is 2.35 bits per heavy atom. The van der Waals surface area contributed by atoms with Crippen LogP contribution in [-0.2, 0) is 22.6 Å². The van der Waals surface area contributed by atoms with Gasteiger partial charge in [-0.05, 0) is 48.1 Å². The molecule has 5 rings (SSSR count). The minimum Gasteiger partial charge on any atom is -0.493 e. The average molecular weight is 574 g/mol. The molecule has 2 aromatic rings. The number of fused-ring (bicyclic) bond motifs is 2. The van der Waals surface area contributed by atoms with Crippen molar-refractivity contribution < 1.29 is 45.4 Å². The van der Waals surface area contributed by atoms with Crippen LogP contribution in [0.5, 0.6) is 11.5 Å². The van der Waals surface area contributed by atoms with Gasteiger partial charge in [-0.1, -0.05) is 12.1 Å². The topological polar surface area (TPSA) is 79.9 Å². The lowest BCUT2D eigenvalue weighted by Crippen LogP contribution is -2.41. The first-order chi connectivity index (χ1) is 18.8. The Labute approximate surface area is 226 Å². The van der Waals surface area contributed by atoms with Crippen molar-refractivity contribution in [3.8, 4) is 11.5 Å². The van der Waals surface area contributed by atoms with Gasteiger partial charge in [0.25, 0.3) is 0 Å². The fourth-order valence-corrected chi connectivity index (χ4v) is 5.55. The van der Waals surface area contributed by atoms with Gasteiger partial charge in [-0.2, -0.15) is 26.3 Å².